The van der Waals surface area contributed by atoms with Gasteiger partial charge in [-0.3, -0.25) is 4.98 Å². The first-order valence-corrected chi connectivity index (χ1v) is 11.1. The summed E-state index contributed by atoms with van der Waals surface area (Å²) in [6, 6.07) is 17.7. The van der Waals surface area contributed by atoms with Crippen molar-refractivity contribution in [1.82, 2.24) is 4.98 Å². The van der Waals surface area contributed by atoms with Gasteiger partial charge in [0.15, 0.2) is 17.5 Å². The van der Waals surface area contributed by atoms with E-state index in [1.54, 1.807) is 19.2 Å². The summed E-state index contributed by atoms with van der Waals surface area (Å²) in [6.07, 6.45) is 5.63. The molecule has 0 saturated carbocycles. The van der Waals surface area contributed by atoms with E-state index in [1.807, 2.05) is 30.5 Å². The Labute approximate surface area is 197 Å². The standard InChI is InChI=1S/C29H24F3NO/c1-34-16-2-3-23-11-14-25(33-19-23)13-10-21-6-4-20(5-7-21)8-9-22-12-15-26-24(17-22)18-27(30)29(32)28(26)31/h4-7,11-12,14-15,17-19H,2-3,10,13,16H2,1H3. The highest BCUT2D eigenvalue weighted by Gasteiger charge is 2.13. The predicted molar refractivity (Wildman–Crippen MR) is 128 cm³/mol. The van der Waals surface area contributed by atoms with Crippen LogP contribution in [0.15, 0.2) is 66.9 Å². The van der Waals surface area contributed by atoms with Crippen molar-refractivity contribution in [3.8, 4) is 11.8 Å². The van der Waals surface area contributed by atoms with E-state index < -0.39 is 17.5 Å². The largest absolute Gasteiger partial charge is 0.385 e. The van der Waals surface area contributed by atoms with Gasteiger partial charge in [-0.2, -0.15) is 0 Å². The van der Waals surface area contributed by atoms with Crippen molar-refractivity contribution in [2.75, 3.05) is 13.7 Å². The zero-order valence-electron chi connectivity index (χ0n) is 18.9. The molecule has 4 aromatic rings. The molecule has 0 radical (unpaired) electrons. The van der Waals surface area contributed by atoms with Gasteiger partial charge in [0.2, 0.25) is 0 Å². The minimum Gasteiger partial charge on any atom is -0.385 e. The van der Waals surface area contributed by atoms with Crippen LogP contribution in [-0.4, -0.2) is 18.7 Å². The molecule has 0 atom stereocenters. The van der Waals surface area contributed by atoms with E-state index in [2.05, 4.69) is 29.0 Å². The fourth-order valence-electron chi connectivity index (χ4n) is 3.73. The topological polar surface area (TPSA) is 22.1 Å². The van der Waals surface area contributed by atoms with Gasteiger partial charge in [-0.05, 0) is 78.6 Å². The Bertz CT molecular complexity index is 1340. The van der Waals surface area contributed by atoms with E-state index in [9.17, 15) is 13.2 Å². The lowest BCUT2D eigenvalue weighted by Crippen LogP contribution is -1.97. The third-order valence-corrected chi connectivity index (χ3v) is 5.65. The Morgan fingerprint density at radius 1 is 0.765 bits per heavy atom. The number of fused-ring (bicyclic) bond motifs is 1. The third kappa shape index (κ3) is 5.84. The Balaban J connectivity index is 1.37. The Morgan fingerprint density at radius 3 is 2.24 bits per heavy atom. The monoisotopic (exact) mass is 459 g/mol. The van der Waals surface area contributed by atoms with Gasteiger partial charge in [0.05, 0.1) is 0 Å². The Kier molecular flexibility index (Phi) is 7.61. The zero-order valence-corrected chi connectivity index (χ0v) is 18.9. The van der Waals surface area contributed by atoms with Crippen LogP contribution in [-0.2, 0) is 24.0 Å². The fourth-order valence-corrected chi connectivity index (χ4v) is 3.73. The highest BCUT2D eigenvalue weighted by molar-refractivity contribution is 5.84. The van der Waals surface area contributed by atoms with Crippen molar-refractivity contribution in [2.45, 2.75) is 25.7 Å². The summed E-state index contributed by atoms with van der Waals surface area (Å²) < 4.78 is 45.9. The molecule has 0 bridgehead atoms. The molecule has 0 N–H and O–H groups in total. The molecule has 172 valence electrons. The molecule has 5 heteroatoms. The molecule has 0 fully saturated rings. The van der Waals surface area contributed by atoms with Crippen LogP contribution in [0.4, 0.5) is 13.2 Å². The number of aromatic nitrogens is 1. The van der Waals surface area contributed by atoms with Crippen molar-refractivity contribution in [3.05, 3.63) is 112 Å². The smallest absolute Gasteiger partial charge is 0.195 e. The summed E-state index contributed by atoms with van der Waals surface area (Å²) >= 11 is 0. The van der Waals surface area contributed by atoms with Crippen molar-refractivity contribution >= 4 is 10.8 Å². The lowest BCUT2D eigenvalue weighted by atomic mass is 10.0. The maximum absolute atomic E-state index is 13.9. The fraction of sp³-hybridized carbons (Fsp3) is 0.207. The SMILES string of the molecule is COCCCc1ccc(CCc2ccc(C#Cc3ccc4c(F)c(F)c(F)cc4c3)cc2)nc1. The zero-order chi connectivity index (χ0) is 23.9. The van der Waals surface area contributed by atoms with Crippen molar-refractivity contribution in [2.24, 2.45) is 0 Å². The molecular formula is C29H24F3NO. The molecule has 4 rings (SSSR count). The molecule has 0 saturated heterocycles. The van der Waals surface area contributed by atoms with Gasteiger partial charge in [0, 0.05) is 42.1 Å². The van der Waals surface area contributed by atoms with Crippen molar-refractivity contribution < 1.29 is 17.9 Å². The third-order valence-electron chi connectivity index (χ3n) is 5.65. The van der Waals surface area contributed by atoms with E-state index >= 15 is 0 Å². The molecule has 2 nitrogen and oxygen atoms in total. The molecule has 1 heterocycles. The van der Waals surface area contributed by atoms with Gasteiger partial charge in [-0.25, -0.2) is 13.2 Å². The molecule has 0 amide bonds. The predicted octanol–water partition coefficient (Wildman–Crippen LogP) is 6.42. The van der Waals surface area contributed by atoms with E-state index in [-0.39, 0.29) is 10.8 Å². The number of nitrogens with zero attached hydrogens (tertiary/aromatic N) is 1. The number of rotatable bonds is 7. The van der Waals surface area contributed by atoms with Crippen LogP contribution in [0, 0.1) is 29.3 Å². The number of halogens is 3. The minimum atomic E-state index is -1.46. The Morgan fingerprint density at radius 2 is 1.50 bits per heavy atom. The molecule has 3 aromatic carbocycles. The molecule has 0 spiro atoms. The van der Waals surface area contributed by atoms with Gasteiger partial charge in [-0.15, -0.1) is 0 Å². The molecule has 0 unspecified atom stereocenters. The van der Waals surface area contributed by atoms with Crippen LogP contribution in [0.1, 0.15) is 34.4 Å². The number of hydrogen-bond donors (Lipinski definition) is 0. The van der Waals surface area contributed by atoms with Crippen LogP contribution < -0.4 is 0 Å². The van der Waals surface area contributed by atoms with Gasteiger partial charge in [0.1, 0.15) is 0 Å². The molecule has 34 heavy (non-hydrogen) atoms. The second-order valence-electron chi connectivity index (χ2n) is 8.12. The van der Waals surface area contributed by atoms with E-state index in [0.717, 1.165) is 49.6 Å². The highest BCUT2D eigenvalue weighted by Crippen LogP contribution is 2.24. The van der Waals surface area contributed by atoms with E-state index in [0.29, 0.717) is 5.56 Å². The number of pyridine rings is 1. The van der Waals surface area contributed by atoms with E-state index in [4.69, 9.17) is 4.74 Å². The van der Waals surface area contributed by atoms with Crippen molar-refractivity contribution in [3.63, 3.8) is 0 Å². The number of benzene rings is 3. The van der Waals surface area contributed by atoms with Gasteiger partial charge < -0.3 is 4.74 Å². The quantitative estimate of drug-likeness (QED) is 0.181. The van der Waals surface area contributed by atoms with Crippen LogP contribution in [0.3, 0.4) is 0 Å². The lowest BCUT2D eigenvalue weighted by Gasteiger charge is -2.04. The summed E-state index contributed by atoms with van der Waals surface area (Å²) in [6.45, 7) is 0.756. The molecule has 0 aliphatic rings. The summed E-state index contributed by atoms with van der Waals surface area (Å²) in [7, 11) is 1.71. The van der Waals surface area contributed by atoms with Crippen LogP contribution in [0.2, 0.25) is 0 Å². The second kappa shape index (κ2) is 11.0. The number of ether oxygens (including phenoxy) is 1. The van der Waals surface area contributed by atoms with Gasteiger partial charge in [-0.1, -0.05) is 36.1 Å². The molecule has 1 aromatic heterocycles. The summed E-state index contributed by atoms with van der Waals surface area (Å²) in [5.41, 5.74) is 4.90. The molecule has 0 aliphatic heterocycles. The summed E-state index contributed by atoms with van der Waals surface area (Å²) in [4.78, 5) is 4.56. The van der Waals surface area contributed by atoms with Crippen LogP contribution in [0.25, 0.3) is 10.8 Å². The normalized spacial score (nSPS) is 10.8. The van der Waals surface area contributed by atoms with Gasteiger partial charge >= 0.3 is 0 Å². The maximum Gasteiger partial charge on any atom is 0.195 e. The number of aryl methyl sites for hydroxylation is 3. The molecule has 0 aliphatic carbocycles. The number of hydrogen-bond acceptors (Lipinski definition) is 2. The minimum absolute atomic E-state index is 0.0315. The number of methoxy groups -OCH3 is 1. The van der Waals surface area contributed by atoms with Gasteiger partial charge in [0.25, 0.3) is 0 Å². The summed E-state index contributed by atoms with van der Waals surface area (Å²) in [5, 5.41) is 0.305. The average Bonchev–Trinajstić information content (AvgIpc) is 2.86. The first-order chi connectivity index (χ1) is 16.5. The van der Waals surface area contributed by atoms with E-state index in [1.165, 1.54) is 17.2 Å². The highest BCUT2D eigenvalue weighted by atomic mass is 19.2. The average molecular weight is 460 g/mol. The second-order valence-corrected chi connectivity index (χ2v) is 8.12. The van der Waals surface area contributed by atoms with Crippen molar-refractivity contribution in [1.29, 1.82) is 0 Å². The Hall–Kier alpha value is -3.62. The first-order valence-electron chi connectivity index (χ1n) is 11.1. The van der Waals surface area contributed by atoms with Crippen LogP contribution >= 0.6 is 0 Å². The molecular weight excluding hydrogens is 435 g/mol. The maximum atomic E-state index is 13.9. The first kappa shape index (κ1) is 23.5. The lowest BCUT2D eigenvalue weighted by molar-refractivity contribution is 0.195. The summed E-state index contributed by atoms with van der Waals surface area (Å²) in [5.74, 6) is 2.21. The van der Waals surface area contributed by atoms with Crippen LogP contribution in [0.5, 0.6) is 0 Å².